The molecule has 3 rings (SSSR count). The Hall–Kier alpha value is -2.51. The molecule has 0 aliphatic carbocycles. The zero-order valence-electron chi connectivity index (χ0n) is 11.2. The summed E-state index contributed by atoms with van der Waals surface area (Å²) in [6.07, 6.45) is 3.44. The van der Waals surface area contributed by atoms with E-state index in [2.05, 4.69) is 16.8 Å². The third-order valence-corrected chi connectivity index (χ3v) is 3.33. The van der Waals surface area contributed by atoms with Crippen molar-refractivity contribution in [3.05, 3.63) is 58.6 Å². The van der Waals surface area contributed by atoms with Crippen LogP contribution in [0.1, 0.15) is 11.1 Å². The molecule has 5 heteroatoms. The van der Waals surface area contributed by atoms with Gasteiger partial charge in [0.2, 0.25) is 0 Å². The molecule has 104 valence electrons. The van der Waals surface area contributed by atoms with Crippen LogP contribution >= 0.6 is 11.6 Å². The van der Waals surface area contributed by atoms with E-state index in [4.69, 9.17) is 17.3 Å². The lowest BCUT2D eigenvalue weighted by Gasteiger charge is -1.95. The second-order valence-corrected chi connectivity index (χ2v) is 5.10. The summed E-state index contributed by atoms with van der Waals surface area (Å²) in [5.74, 6) is 5.34. The van der Waals surface area contributed by atoms with Gasteiger partial charge in [-0.3, -0.25) is 0 Å². The van der Waals surface area contributed by atoms with E-state index in [0.717, 1.165) is 16.6 Å². The molecule has 0 saturated carbocycles. The zero-order chi connectivity index (χ0) is 15.0. The number of nitrogens with zero attached hydrogens (tertiary/aromatic N) is 2. The molecule has 0 radical (unpaired) electrons. The summed E-state index contributed by atoms with van der Waals surface area (Å²) >= 11 is 5.72. The Labute approximate surface area is 126 Å². The monoisotopic (exact) mass is 299 g/mol. The summed E-state index contributed by atoms with van der Waals surface area (Å²) in [7, 11) is 1.87. The number of fused-ring (bicyclic) bond motifs is 1. The first-order valence-electron chi connectivity index (χ1n) is 6.22. The molecule has 3 nitrogen and oxygen atoms in total. The Morgan fingerprint density at radius 3 is 2.76 bits per heavy atom. The predicted octanol–water partition coefficient (Wildman–Crippen LogP) is 3.35. The summed E-state index contributed by atoms with van der Waals surface area (Å²) < 4.78 is 15.6. The van der Waals surface area contributed by atoms with Crippen LogP contribution in [0.5, 0.6) is 0 Å². The van der Waals surface area contributed by atoms with E-state index in [9.17, 15) is 4.39 Å². The van der Waals surface area contributed by atoms with Crippen LogP contribution in [0.25, 0.3) is 11.0 Å². The molecule has 0 amide bonds. The van der Waals surface area contributed by atoms with Crippen LogP contribution in [0, 0.1) is 17.7 Å². The average Bonchev–Trinajstić information content (AvgIpc) is 2.74. The highest BCUT2D eigenvalue weighted by molar-refractivity contribution is 6.30. The first kappa shape index (κ1) is 13.5. The van der Waals surface area contributed by atoms with Gasteiger partial charge in [0.1, 0.15) is 11.5 Å². The van der Waals surface area contributed by atoms with E-state index in [1.807, 2.05) is 23.9 Å². The maximum Gasteiger partial charge on any atom is 0.141 e. The Kier molecular flexibility index (Phi) is 3.28. The quantitative estimate of drug-likeness (QED) is 0.647. The molecule has 0 atom stereocenters. The number of benzene rings is 1. The molecule has 0 saturated heterocycles. The Balaban J connectivity index is 2.11. The number of aryl methyl sites for hydroxylation is 1. The van der Waals surface area contributed by atoms with Crippen LogP contribution in [-0.2, 0) is 7.05 Å². The van der Waals surface area contributed by atoms with Gasteiger partial charge in [0.25, 0.3) is 0 Å². The van der Waals surface area contributed by atoms with E-state index < -0.39 is 5.82 Å². The van der Waals surface area contributed by atoms with Gasteiger partial charge in [-0.1, -0.05) is 23.4 Å². The van der Waals surface area contributed by atoms with Crippen LogP contribution in [0.3, 0.4) is 0 Å². The normalized spacial score (nSPS) is 10.4. The van der Waals surface area contributed by atoms with Gasteiger partial charge in [-0.25, -0.2) is 9.37 Å². The van der Waals surface area contributed by atoms with Crippen molar-refractivity contribution in [2.45, 2.75) is 0 Å². The van der Waals surface area contributed by atoms with Crippen LogP contribution in [-0.4, -0.2) is 9.55 Å². The van der Waals surface area contributed by atoms with E-state index in [1.54, 1.807) is 18.3 Å². The third-order valence-electron chi connectivity index (χ3n) is 3.10. The topological polar surface area (TPSA) is 43.8 Å². The summed E-state index contributed by atoms with van der Waals surface area (Å²) in [6, 6.07) is 6.22. The highest BCUT2D eigenvalue weighted by Gasteiger charge is 2.06. The third kappa shape index (κ3) is 2.56. The minimum absolute atomic E-state index is 0.299. The van der Waals surface area contributed by atoms with Crippen molar-refractivity contribution in [3.63, 3.8) is 0 Å². The van der Waals surface area contributed by atoms with Crippen molar-refractivity contribution in [2.24, 2.45) is 7.05 Å². The van der Waals surface area contributed by atoms with E-state index in [0.29, 0.717) is 16.3 Å². The number of hydrogen-bond acceptors (Lipinski definition) is 2. The molecular weight excluding hydrogens is 289 g/mol. The van der Waals surface area contributed by atoms with Crippen molar-refractivity contribution in [1.29, 1.82) is 0 Å². The van der Waals surface area contributed by atoms with Crippen molar-refractivity contribution in [2.75, 3.05) is 5.73 Å². The van der Waals surface area contributed by atoms with Gasteiger partial charge in [0, 0.05) is 23.7 Å². The average molecular weight is 300 g/mol. The number of halogens is 2. The number of rotatable bonds is 0. The summed E-state index contributed by atoms with van der Waals surface area (Å²) in [6.45, 7) is 0. The predicted molar refractivity (Wildman–Crippen MR) is 82.5 cm³/mol. The largest absolute Gasteiger partial charge is 0.397 e. The van der Waals surface area contributed by atoms with Crippen LogP contribution in [0.2, 0.25) is 5.02 Å². The summed E-state index contributed by atoms with van der Waals surface area (Å²) in [5, 5.41) is 1.19. The Morgan fingerprint density at radius 2 is 2.00 bits per heavy atom. The minimum Gasteiger partial charge on any atom is -0.397 e. The molecule has 0 aliphatic rings. The van der Waals surface area contributed by atoms with Crippen molar-refractivity contribution >= 4 is 28.3 Å². The van der Waals surface area contributed by atoms with Gasteiger partial charge in [-0.15, -0.1) is 0 Å². The first-order valence-corrected chi connectivity index (χ1v) is 6.60. The number of nitrogens with two attached hydrogens (primary N) is 1. The van der Waals surface area contributed by atoms with Gasteiger partial charge in [-0.2, -0.15) is 0 Å². The molecule has 0 bridgehead atoms. The fraction of sp³-hybridized carbons (Fsp3) is 0.0625. The molecule has 0 fully saturated rings. The van der Waals surface area contributed by atoms with E-state index >= 15 is 0 Å². The maximum absolute atomic E-state index is 13.7. The van der Waals surface area contributed by atoms with Gasteiger partial charge in [0.15, 0.2) is 0 Å². The number of nitrogen functional groups attached to an aromatic ring is 1. The van der Waals surface area contributed by atoms with Crippen LogP contribution in [0.4, 0.5) is 10.1 Å². The lowest BCUT2D eigenvalue weighted by molar-refractivity contribution is 0.624. The summed E-state index contributed by atoms with van der Waals surface area (Å²) in [4.78, 5) is 4.26. The van der Waals surface area contributed by atoms with E-state index in [-0.39, 0.29) is 0 Å². The number of hydrogen-bond donors (Lipinski definition) is 1. The smallest absolute Gasteiger partial charge is 0.141 e. The van der Waals surface area contributed by atoms with Crippen molar-refractivity contribution in [3.8, 4) is 11.8 Å². The number of pyridine rings is 1. The Bertz CT molecular complexity index is 903. The SMILES string of the molecule is Cn1cc(C#Cc2ccc(Cl)cc2F)c2cc(N)cnc21. The van der Waals surface area contributed by atoms with Crippen molar-refractivity contribution in [1.82, 2.24) is 9.55 Å². The lowest BCUT2D eigenvalue weighted by Crippen LogP contribution is -1.90. The second kappa shape index (κ2) is 5.12. The highest BCUT2D eigenvalue weighted by Crippen LogP contribution is 2.20. The fourth-order valence-electron chi connectivity index (χ4n) is 2.10. The van der Waals surface area contributed by atoms with Crippen LogP contribution < -0.4 is 5.73 Å². The summed E-state index contributed by atoms with van der Waals surface area (Å²) in [5.41, 5.74) is 8.15. The molecule has 2 aromatic heterocycles. The molecule has 3 aromatic rings. The van der Waals surface area contributed by atoms with Gasteiger partial charge in [-0.05, 0) is 24.3 Å². The van der Waals surface area contributed by atoms with Crippen LogP contribution in [0.15, 0.2) is 36.7 Å². The first-order chi connectivity index (χ1) is 10.0. The molecule has 2 N–H and O–H groups in total. The molecule has 1 aromatic carbocycles. The second-order valence-electron chi connectivity index (χ2n) is 4.67. The van der Waals surface area contributed by atoms with Crippen molar-refractivity contribution < 1.29 is 4.39 Å². The van der Waals surface area contributed by atoms with E-state index in [1.165, 1.54) is 6.07 Å². The fourth-order valence-corrected chi connectivity index (χ4v) is 2.26. The Morgan fingerprint density at radius 1 is 1.24 bits per heavy atom. The molecule has 0 unspecified atom stereocenters. The molecule has 2 heterocycles. The standard InChI is InChI=1S/C16H11ClFN3/c1-21-9-11(14-7-13(19)8-20-16(14)21)3-2-10-4-5-12(17)6-15(10)18/h4-9H,19H2,1H3. The molecule has 21 heavy (non-hydrogen) atoms. The van der Waals surface area contributed by atoms with Gasteiger partial charge >= 0.3 is 0 Å². The molecule has 0 aliphatic heterocycles. The highest BCUT2D eigenvalue weighted by atomic mass is 35.5. The molecule has 0 spiro atoms. The number of anilines is 1. The zero-order valence-corrected chi connectivity index (χ0v) is 11.9. The number of aromatic nitrogens is 2. The maximum atomic E-state index is 13.7. The lowest BCUT2D eigenvalue weighted by atomic mass is 10.1. The van der Waals surface area contributed by atoms with Gasteiger partial charge < -0.3 is 10.3 Å². The van der Waals surface area contributed by atoms with Gasteiger partial charge in [0.05, 0.1) is 23.0 Å². The molecular formula is C16H11ClFN3. The minimum atomic E-state index is -0.437.